The van der Waals surface area contributed by atoms with Gasteiger partial charge in [-0.2, -0.15) is 0 Å². The number of aryl methyl sites for hydroxylation is 3. The number of likely N-dealkylation sites (tertiary alicyclic amines) is 1. The molecule has 8 heteroatoms. The maximum absolute atomic E-state index is 13.1. The topological polar surface area (TPSA) is 81.8 Å². The molecule has 238 valence electrons. The molecule has 1 atom stereocenters. The van der Waals surface area contributed by atoms with Crippen molar-refractivity contribution in [3.8, 4) is 5.75 Å². The van der Waals surface area contributed by atoms with Gasteiger partial charge in [0.25, 0.3) is 5.91 Å². The summed E-state index contributed by atoms with van der Waals surface area (Å²) in [7, 11) is 1.71. The van der Waals surface area contributed by atoms with Gasteiger partial charge in [0, 0.05) is 67.6 Å². The number of nitrogens with one attached hydrogen (secondary N) is 3. The number of ether oxygens (including phenoxy) is 1. The minimum Gasteiger partial charge on any atom is -0.497 e. The standard InChI is InChI=1S/C36H52N6O2/c1-7-16-38-25-40-31-21-27(3)35(28(4)22-31)36(43)39-18-13-29(5)41-19-14-33(15-20-41)42(24-30-23-37-17-12-26(30)2)32-8-10-34(44-6)11-9-32/h8-12,17,21-23,29,33,38,40H,7,13-16,18-20,24-25H2,1-6H3,(H,39,43)/t29-/m1/s1. The molecule has 8 nitrogen and oxygen atoms in total. The molecule has 0 spiro atoms. The van der Waals surface area contributed by atoms with E-state index < -0.39 is 0 Å². The van der Waals surface area contributed by atoms with Gasteiger partial charge in [-0.1, -0.05) is 6.92 Å². The highest BCUT2D eigenvalue weighted by Crippen LogP contribution is 2.29. The third kappa shape index (κ3) is 8.96. The first-order valence-electron chi connectivity index (χ1n) is 16.2. The van der Waals surface area contributed by atoms with E-state index in [9.17, 15) is 4.79 Å². The zero-order valence-corrected chi connectivity index (χ0v) is 27.6. The molecule has 0 unspecified atom stereocenters. The molecule has 1 amide bonds. The fraction of sp³-hybridized carbons (Fsp3) is 0.500. The average Bonchev–Trinajstić information content (AvgIpc) is 3.02. The van der Waals surface area contributed by atoms with E-state index in [0.717, 1.165) is 86.7 Å². The predicted molar refractivity (Wildman–Crippen MR) is 182 cm³/mol. The Bertz CT molecular complexity index is 1310. The van der Waals surface area contributed by atoms with Crippen LogP contribution in [0.5, 0.6) is 5.75 Å². The van der Waals surface area contributed by atoms with Crippen molar-refractivity contribution < 1.29 is 9.53 Å². The molecule has 2 aromatic carbocycles. The molecule has 1 aromatic heterocycles. The molecule has 0 aliphatic carbocycles. The van der Waals surface area contributed by atoms with E-state index in [1.807, 2.05) is 38.4 Å². The van der Waals surface area contributed by atoms with Crippen LogP contribution in [0.1, 0.15) is 72.1 Å². The second-order valence-electron chi connectivity index (χ2n) is 12.1. The largest absolute Gasteiger partial charge is 0.497 e. The molecular weight excluding hydrogens is 548 g/mol. The lowest BCUT2D eigenvalue weighted by Crippen LogP contribution is -2.48. The Morgan fingerprint density at radius 1 is 1.05 bits per heavy atom. The smallest absolute Gasteiger partial charge is 0.251 e. The number of methoxy groups -OCH3 is 1. The summed E-state index contributed by atoms with van der Waals surface area (Å²) in [5, 5.41) is 9.95. The van der Waals surface area contributed by atoms with Crippen molar-refractivity contribution in [3.05, 3.63) is 82.7 Å². The van der Waals surface area contributed by atoms with Crippen molar-refractivity contribution in [1.29, 1.82) is 0 Å². The summed E-state index contributed by atoms with van der Waals surface area (Å²) in [6, 6.07) is 15.5. The highest BCUT2D eigenvalue weighted by Gasteiger charge is 2.28. The van der Waals surface area contributed by atoms with Gasteiger partial charge in [-0.25, -0.2) is 0 Å². The number of pyridine rings is 1. The summed E-state index contributed by atoms with van der Waals surface area (Å²) in [5.74, 6) is 0.888. The Balaban J connectivity index is 1.29. The molecule has 0 radical (unpaired) electrons. The lowest BCUT2D eigenvalue weighted by Gasteiger charge is -2.42. The lowest BCUT2D eigenvalue weighted by molar-refractivity contribution is 0.0944. The highest BCUT2D eigenvalue weighted by atomic mass is 16.5. The van der Waals surface area contributed by atoms with Crippen LogP contribution in [-0.2, 0) is 6.54 Å². The van der Waals surface area contributed by atoms with Crippen LogP contribution < -0.4 is 25.6 Å². The van der Waals surface area contributed by atoms with E-state index in [0.29, 0.717) is 18.6 Å². The third-order valence-corrected chi connectivity index (χ3v) is 8.91. The fourth-order valence-electron chi connectivity index (χ4n) is 6.21. The maximum Gasteiger partial charge on any atom is 0.251 e. The first-order valence-corrected chi connectivity index (χ1v) is 16.2. The number of anilines is 2. The van der Waals surface area contributed by atoms with E-state index in [4.69, 9.17) is 4.74 Å². The molecule has 1 aliphatic heterocycles. The van der Waals surface area contributed by atoms with Gasteiger partial charge in [0.1, 0.15) is 5.75 Å². The normalized spacial score (nSPS) is 14.7. The van der Waals surface area contributed by atoms with Gasteiger partial charge < -0.3 is 30.5 Å². The minimum absolute atomic E-state index is 0.0161. The van der Waals surface area contributed by atoms with Crippen molar-refractivity contribution >= 4 is 17.3 Å². The summed E-state index contributed by atoms with van der Waals surface area (Å²) < 4.78 is 5.41. The molecule has 3 N–H and O–H groups in total. The third-order valence-electron chi connectivity index (χ3n) is 8.91. The van der Waals surface area contributed by atoms with Gasteiger partial charge in [0.05, 0.1) is 13.8 Å². The van der Waals surface area contributed by atoms with Crippen molar-refractivity contribution in [2.75, 3.05) is 50.2 Å². The summed E-state index contributed by atoms with van der Waals surface area (Å²) in [4.78, 5) is 22.7. The maximum atomic E-state index is 13.1. The Labute approximate surface area is 264 Å². The van der Waals surface area contributed by atoms with Crippen molar-refractivity contribution in [2.45, 2.75) is 78.9 Å². The molecule has 44 heavy (non-hydrogen) atoms. The number of hydrogen-bond acceptors (Lipinski definition) is 7. The van der Waals surface area contributed by atoms with Crippen LogP contribution in [0.15, 0.2) is 54.9 Å². The second kappa shape index (κ2) is 16.5. The molecular formula is C36H52N6O2. The van der Waals surface area contributed by atoms with E-state index in [1.165, 1.54) is 16.8 Å². The van der Waals surface area contributed by atoms with Gasteiger partial charge >= 0.3 is 0 Å². The average molecular weight is 601 g/mol. The first-order chi connectivity index (χ1) is 21.3. The molecule has 0 saturated carbocycles. The predicted octanol–water partition coefficient (Wildman–Crippen LogP) is 6.06. The van der Waals surface area contributed by atoms with Gasteiger partial charge in [-0.3, -0.25) is 9.78 Å². The monoisotopic (exact) mass is 600 g/mol. The van der Waals surface area contributed by atoms with E-state index >= 15 is 0 Å². The van der Waals surface area contributed by atoms with Crippen LogP contribution in [0.25, 0.3) is 0 Å². The highest BCUT2D eigenvalue weighted by molar-refractivity contribution is 5.97. The molecule has 2 heterocycles. The second-order valence-corrected chi connectivity index (χ2v) is 12.1. The van der Waals surface area contributed by atoms with Gasteiger partial charge in [0.15, 0.2) is 0 Å². The molecule has 0 bridgehead atoms. The SMILES string of the molecule is CCCNCNc1cc(C)c(C(=O)NCC[C@@H](C)N2CCC(N(Cc3cnccc3C)c3ccc(OC)cc3)CC2)c(C)c1. The zero-order valence-electron chi connectivity index (χ0n) is 27.6. The number of carbonyl (C=O) groups is 1. The molecule has 1 saturated heterocycles. The molecule has 4 rings (SSSR count). The van der Waals surface area contributed by atoms with Crippen molar-refractivity contribution in [1.82, 2.24) is 20.5 Å². The number of hydrogen-bond donors (Lipinski definition) is 3. The Hall–Kier alpha value is -3.62. The number of aromatic nitrogens is 1. The zero-order chi connectivity index (χ0) is 31.5. The van der Waals surface area contributed by atoms with Crippen LogP contribution in [0.2, 0.25) is 0 Å². The van der Waals surface area contributed by atoms with Crippen molar-refractivity contribution in [2.24, 2.45) is 0 Å². The molecule has 3 aromatic rings. The minimum atomic E-state index is 0.0161. The van der Waals surface area contributed by atoms with E-state index in [1.54, 1.807) is 7.11 Å². The van der Waals surface area contributed by atoms with Crippen molar-refractivity contribution in [3.63, 3.8) is 0 Å². The quantitative estimate of drug-likeness (QED) is 0.144. The number of piperidine rings is 1. The molecule has 1 aliphatic rings. The number of carbonyl (C=O) groups excluding carboxylic acids is 1. The van der Waals surface area contributed by atoms with Crippen LogP contribution >= 0.6 is 0 Å². The Kier molecular flexibility index (Phi) is 12.4. The van der Waals surface area contributed by atoms with Crippen LogP contribution in [-0.4, -0.2) is 67.8 Å². The summed E-state index contributed by atoms with van der Waals surface area (Å²) in [6.07, 6.45) is 8.07. The van der Waals surface area contributed by atoms with Gasteiger partial charge in [-0.15, -0.1) is 0 Å². The van der Waals surface area contributed by atoms with Crippen LogP contribution in [0.4, 0.5) is 11.4 Å². The lowest BCUT2D eigenvalue weighted by atomic mass is 9.98. The Morgan fingerprint density at radius 2 is 1.75 bits per heavy atom. The number of rotatable bonds is 15. The Morgan fingerprint density at radius 3 is 2.39 bits per heavy atom. The first kappa shape index (κ1) is 33.3. The number of benzene rings is 2. The number of amides is 1. The van der Waals surface area contributed by atoms with Crippen LogP contribution in [0.3, 0.4) is 0 Å². The number of nitrogens with zero attached hydrogens (tertiary/aromatic N) is 3. The summed E-state index contributed by atoms with van der Waals surface area (Å²) >= 11 is 0. The molecule has 1 fully saturated rings. The van der Waals surface area contributed by atoms with Gasteiger partial charge in [0.2, 0.25) is 0 Å². The van der Waals surface area contributed by atoms with Crippen LogP contribution in [0, 0.1) is 20.8 Å². The van der Waals surface area contributed by atoms with E-state index in [-0.39, 0.29) is 5.91 Å². The van der Waals surface area contributed by atoms with E-state index in [2.05, 4.69) is 81.8 Å². The van der Waals surface area contributed by atoms with Gasteiger partial charge in [-0.05, 0) is 125 Å². The summed E-state index contributed by atoms with van der Waals surface area (Å²) in [5.41, 5.74) is 7.56. The fourth-order valence-corrected chi connectivity index (χ4v) is 6.21. The summed E-state index contributed by atoms with van der Waals surface area (Å²) in [6.45, 7) is 15.9.